The fourth-order valence-electron chi connectivity index (χ4n) is 2.77. The summed E-state index contributed by atoms with van der Waals surface area (Å²) in [7, 11) is 0. The molecule has 3 rings (SSSR count). The van der Waals surface area contributed by atoms with E-state index < -0.39 is 0 Å². The SMILES string of the molecule is CC(C)(C)c1ccc(C(=O)NC(C#N)=C(Sc2ccc(Cl)cc2)Sc2ccc(Cl)cc2)cc1. The molecule has 0 heterocycles. The number of benzene rings is 3. The Kier molecular flexibility index (Phi) is 8.56. The molecule has 1 N–H and O–H groups in total. The summed E-state index contributed by atoms with van der Waals surface area (Å²) < 4.78 is 0.641. The van der Waals surface area contributed by atoms with Crippen LogP contribution in [0.5, 0.6) is 0 Å². The van der Waals surface area contributed by atoms with Gasteiger partial charge in [-0.1, -0.05) is 79.6 Å². The third kappa shape index (κ3) is 7.31. The third-order valence-corrected chi connectivity index (χ3v) is 7.41. The molecule has 33 heavy (non-hydrogen) atoms. The van der Waals surface area contributed by atoms with Crippen molar-refractivity contribution in [3.05, 3.63) is 104 Å². The van der Waals surface area contributed by atoms with Crippen LogP contribution in [0.2, 0.25) is 10.0 Å². The molecule has 0 aliphatic carbocycles. The molecular formula is C26H22Cl2N2OS2. The molecule has 0 aliphatic heterocycles. The molecule has 1 amide bonds. The zero-order valence-corrected chi connectivity index (χ0v) is 21.5. The highest BCUT2D eigenvalue weighted by Crippen LogP contribution is 2.41. The quantitative estimate of drug-likeness (QED) is 0.266. The number of hydrogen-bond donors (Lipinski definition) is 1. The largest absolute Gasteiger partial charge is 0.312 e. The van der Waals surface area contributed by atoms with Gasteiger partial charge in [-0.15, -0.1) is 0 Å². The lowest BCUT2D eigenvalue weighted by Crippen LogP contribution is -2.23. The van der Waals surface area contributed by atoms with Crippen LogP contribution in [0.15, 0.2) is 92.5 Å². The Morgan fingerprint density at radius 3 is 1.67 bits per heavy atom. The molecule has 0 saturated heterocycles. The molecule has 0 fully saturated rings. The average Bonchev–Trinajstić information content (AvgIpc) is 2.79. The van der Waals surface area contributed by atoms with Crippen molar-refractivity contribution in [3.8, 4) is 6.07 Å². The number of thioether (sulfide) groups is 2. The third-order valence-electron chi connectivity index (χ3n) is 4.62. The molecule has 3 aromatic carbocycles. The Bertz CT molecular complexity index is 1140. The van der Waals surface area contributed by atoms with Crippen molar-refractivity contribution >= 4 is 52.6 Å². The van der Waals surface area contributed by atoms with Gasteiger partial charge >= 0.3 is 0 Å². The lowest BCUT2D eigenvalue weighted by atomic mass is 9.87. The number of nitrogens with zero attached hydrogens (tertiary/aromatic N) is 1. The first-order valence-electron chi connectivity index (χ1n) is 10.1. The second kappa shape index (κ2) is 11.2. The van der Waals surface area contributed by atoms with Crippen LogP contribution >= 0.6 is 46.7 Å². The van der Waals surface area contributed by atoms with E-state index in [9.17, 15) is 10.1 Å². The summed E-state index contributed by atoms with van der Waals surface area (Å²) in [5, 5.41) is 13.9. The summed E-state index contributed by atoms with van der Waals surface area (Å²) in [4.78, 5) is 14.7. The molecule has 3 nitrogen and oxygen atoms in total. The van der Waals surface area contributed by atoms with E-state index >= 15 is 0 Å². The highest BCUT2D eigenvalue weighted by atomic mass is 35.5. The van der Waals surface area contributed by atoms with Crippen molar-refractivity contribution in [1.82, 2.24) is 5.32 Å². The predicted molar refractivity (Wildman–Crippen MR) is 140 cm³/mol. The summed E-state index contributed by atoms with van der Waals surface area (Å²) >= 11 is 14.8. The maximum absolute atomic E-state index is 12.9. The number of rotatable bonds is 6. The Morgan fingerprint density at radius 2 is 1.27 bits per heavy atom. The second-order valence-electron chi connectivity index (χ2n) is 8.17. The van der Waals surface area contributed by atoms with Gasteiger partial charge < -0.3 is 5.32 Å². The van der Waals surface area contributed by atoms with Crippen molar-refractivity contribution in [2.45, 2.75) is 36.0 Å². The highest BCUT2D eigenvalue weighted by Gasteiger charge is 2.17. The van der Waals surface area contributed by atoms with Crippen LogP contribution in [0.3, 0.4) is 0 Å². The molecule has 7 heteroatoms. The first-order valence-corrected chi connectivity index (χ1v) is 12.5. The Hall–Kier alpha value is -2.36. The number of amides is 1. The van der Waals surface area contributed by atoms with Crippen molar-refractivity contribution in [3.63, 3.8) is 0 Å². The summed E-state index contributed by atoms with van der Waals surface area (Å²) in [5.74, 6) is -0.335. The van der Waals surface area contributed by atoms with Crippen LogP contribution in [0, 0.1) is 11.3 Å². The number of hydrogen-bond acceptors (Lipinski definition) is 4. The lowest BCUT2D eigenvalue weighted by molar-refractivity contribution is 0.0967. The van der Waals surface area contributed by atoms with E-state index in [0.717, 1.165) is 15.4 Å². The average molecular weight is 514 g/mol. The summed E-state index contributed by atoms with van der Waals surface area (Å²) in [5.41, 5.74) is 1.79. The van der Waals surface area contributed by atoms with Crippen LogP contribution in [-0.2, 0) is 5.41 Å². The normalized spacial score (nSPS) is 10.9. The number of carbonyl (C=O) groups excluding carboxylic acids is 1. The smallest absolute Gasteiger partial charge is 0.256 e. The highest BCUT2D eigenvalue weighted by molar-refractivity contribution is 8.22. The number of nitriles is 1. The molecule has 168 valence electrons. The molecule has 0 bridgehead atoms. The number of allylic oxidation sites excluding steroid dienone is 1. The Balaban J connectivity index is 1.91. The number of carbonyl (C=O) groups is 1. The Labute approximate surface area is 213 Å². The van der Waals surface area contributed by atoms with Gasteiger partial charge in [-0.2, -0.15) is 5.26 Å². The van der Waals surface area contributed by atoms with Crippen molar-refractivity contribution in [2.24, 2.45) is 0 Å². The summed E-state index contributed by atoms with van der Waals surface area (Å²) in [6, 6.07) is 24.2. The molecule has 0 unspecified atom stereocenters. The standard InChI is InChI=1S/C26H22Cl2N2OS2/c1-26(2,3)18-6-4-17(5-7-18)24(31)30-23(16-29)25(32-21-12-8-19(27)9-13-21)33-22-14-10-20(28)11-15-22/h4-15H,1-3H3,(H,30,31). The van der Waals surface area contributed by atoms with Gasteiger partial charge in [0, 0.05) is 25.4 Å². The predicted octanol–water partition coefficient (Wildman–Crippen LogP) is 8.30. The van der Waals surface area contributed by atoms with E-state index in [1.165, 1.54) is 23.5 Å². The summed E-state index contributed by atoms with van der Waals surface area (Å²) in [6.07, 6.45) is 0. The monoisotopic (exact) mass is 512 g/mol. The van der Waals surface area contributed by atoms with Crippen molar-refractivity contribution in [1.29, 1.82) is 5.26 Å². The van der Waals surface area contributed by atoms with Crippen LogP contribution in [0.1, 0.15) is 36.7 Å². The molecule has 0 spiro atoms. The zero-order chi connectivity index (χ0) is 24.0. The van der Waals surface area contributed by atoms with Gasteiger partial charge in [-0.05, 0) is 71.6 Å². The van der Waals surface area contributed by atoms with Gasteiger partial charge in [-0.3, -0.25) is 4.79 Å². The van der Waals surface area contributed by atoms with Crippen LogP contribution in [0.4, 0.5) is 0 Å². The first kappa shape index (κ1) is 25.3. The van der Waals surface area contributed by atoms with Gasteiger partial charge in [0.05, 0.1) is 4.24 Å². The van der Waals surface area contributed by atoms with Gasteiger partial charge in [0.15, 0.2) is 0 Å². The minimum atomic E-state index is -0.335. The van der Waals surface area contributed by atoms with Crippen molar-refractivity contribution in [2.75, 3.05) is 0 Å². The van der Waals surface area contributed by atoms with Crippen molar-refractivity contribution < 1.29 is 4.79 Å². The van der Waals surface area contributed by atoms with Gasteiger partial charge in [-0.25, -0.2) is 0 Å². The minimum absolute atomic E-state index is 0.00959. The van der Waals surface area contributed by atoms with E-state index in [2.05, 4.69) is 32.2 Å². The molecular weight excluding hydrogens is 491 g/mol. The Morgan fingerprint density at radius 1 is 0.818 bits per heavy atom. The molecule has 0 aliphatic rings. The maximum atomic E-state index is 12.9. The number of nitrogens with one attached hydrogen (secondary N) is 1. The fraction of sp³-hybridized carbons (Fsp3) is 0.154. The lowest BCUT2D eigenvalue weighted by Gasteiger charge is -2.19. The summed E-state index contributed by atoms with van der Waals surface area (Å²) in [6.45, 7) is 6.35. The van der Waals surface area contributed by atoms with Crippen LogP contribution in [-0.4, -0.2) is 5.91 Å². The zero-order valence-electron chi connectivity index (χ0n) is 18.4. The first-order chi connectivity index (χ1) is 15.7. The number of halogens is 2. The molecule has 0 atom stereocenters. The second-order valence-corrected chi connectivity index (χ2v) is 11.5. The molecule has 0 radical (unpaired) electrons. The topological polar surface area (TPSA) is 52.9 Å². The van der Waals surface area contributed by atoms with Gasteiger partial charge in [0.1, 0.15) is 11.8 Å². The minimum Gasteiger partial charge on any atom is -0.312 e. The van der Waals surface area contributed by atoms with Gasteiger partial charge in [0.25, 0.3) is 5.91 Å². The van der Waals surface area contributed by atoms with E-state index in [1.54, 1.807) is 36.4 Å². The fourth-order valence-corrected chi connectivity index (χ4v) is 5.14. The van der Waals surface area contributed by atoms with E-state index in [-0.39, 0.29) is 17.0 Å². The maximum Gasteiger partial charge on any atom is 0.256 e. The van der Waals surface area contributed by atoms with Crippen LogP contribution < -0.4 is 5.32 Å². The molecule has 3 aromatic rings. The molecule has 0 aromatic heterocycles. The van der Waals surface area contributed by atoms with Crippen LogP contribution in [0.25, 0.3) is 0 Å². The van der Waals surface area contributed by atoms with E-state index in [0.29, 0.717) is 19.8 Å². The molecule has 0 saturated carbocycles. The van der Waals surface area contributed by atoms with E-state index in [4.69, 9.17) is 23.2 Å². The van der Waals surface area contributed by atoms with E-state index in [1.807, 2.05) is 36.4 Å². The van der Waals surface area contributed by atoms with Gasteiger partial charge in [0.2, 0.25) is 0 Å².